The van der Waals surface area contributed by atoms with Gasteiger partial charge in [-0.3, -0.25) is 0 Å². The summed E-state index contributed by atoms with van der Waals surface area (Å²) in [5, 5.41) is 29.9. The van der Waals surface area contributed by atoms with Crippen molar-refractivity contribution in [3.8, 4) is 0 Å². The molecule has 0 saturated heterocycles. The zero-order valence-electron chi connectivity index (χ0n) is 26.0. The molecule has 0 aliphatic carbocycles. The van der Waals surface area contributed by atoms with Gasteiger partial charge in [-0.1, -0.05) is 118 Å². The number of hydrogen-bond donors (Lipinski definition) is 3. The predicted octanol–water partition coefficient (Wildman–Crippen LogP) is 8.00. The minimum atomic E-state index is -0.939. The van der Waals surface area contributed by atoms with E-state index in [4.69, 9.17) is 4.74 Å². The van der Waals surface area contributed by atoms with Gasteiger partial charge in [-0.15, -0.1) is 0 Å². The third kappa shape index (κ3) is 14.5. The van der Waals surface area contributed by atoms with Gasteiger partial charge in [0.2, 0.25) is 0 Å². The first-order valence-electron chi connectivity index (χ1n) is 16.0. The molecule has 0 spiro atoms. The molecule has 0 aromatic rings. The van der Waals surface area contributed by atoms with Crippen molar-refractivity contribution in [2.24, 2.45) is 23.2 Å². The molecule has 0 rings (SSSR count). The van der Waals surface area contributed by atoms with Crippen LogP contribution in [0.3, 0.4) is 0 Å². The van der Waals surface area contributed by atoms with E-state index in [0.717, 1.165) is 94.6 Å². The van der Waals surface area contributed by atoms with Crippen molar-refractivity contribution >= 4 is 5.97 Å². The Hall–Kier alpha value is -0.910. The van der Waals surface area contributed by atoms with Crippen LogP contribution < -0.4 is 0 Å². The molecule has 0 aromatic heterocycles. The Kier molecular flexibility index (Phi) is 22.3. The number of aliphatic hydroxyl groups is 3. The topological polar surface area (TPSA) is 87.0 Å². The summed E-state index contributed by atoms with van der Waals surface area (Å²) in [6.07, 6.45) is 15.9. The predicted molar refractivity (Wildman–Crippen MR) is 160 cm³/mol. The zero-order chi connectivity index (χ0) is 28.8. The van der Waals surface area contributed by atoms with Gasteiger partial charge in [0.1, 0.15) is 0 Å². The lowest BCUT2D eigenvalue weighted by Crippen LogP contribution is -2.34. The van der Waals surface area contributed by atoms with Gasteiger partial charge < -0.3 is 20.1 Å². The lowest BCUT2D eigenvalue weighted by Gasteiger charge is -2.29. The van der Waals surface area contributed by atoms with Gasteiger partial charge in [-0.25, -0.2) is 4.79 Å². The SMILES string of the molecule is CCCCC(CC)COC(=O)C(CC(CC)CCCC)=C(CCC(CO)(CO)CO)CC(CC)CCCC. The molecule has 0 fully saturated rings. The fourth-order valence-electron chi connectivity index (χ4n) is 5.25. The highest BCUT2D eigenvalue weighted by molar-refractivity contribution is 5.89. The highest BCUT2D eigenvalue weighted by Gasteiger charge is 2.30. The molecule has 3 atom stereocenters. The average molecular weight is 541 g/mol. The summed E-state index contributed by atoms with van der Waals surface area (Å²) in [7, 11) is 0. The molecule has 5 nitrogen and oxygen atoms in total. The number of unbranched alkanes of at least 4 members (excludes halogenated alkanes) is 3. The second-order valence-corrected chi connectivity index (χ2v) is 11.8. The maximum Gasteiger partial charge on any atom is 0.333 e. The van der Waals surface area contributed by atoms with Gasteiger partial charge >= 0.3 is 5.97 Å². The number of aliphatic hydroxyl groups excluding tert-OH is 3. The normalized spacial score (nSPS) is 15.2. The van der Waals surface area contributed by atoms with E-state index in [1.807, 2.05) is 0 Å². The summed E-state index contributed by atoms with van der Waals surface area (Å²) >= 11 is 0. The molecule has 38 heavy (non-hydrogen) atoms. The molecule has 0 aliphatic rings. The zero-order valence-corrected chi connectivity index (χ0v) is 26.0. The molecule has 0 radical (unpaired) electrons. The second kappa shape index (κ2) is 22.9. The summed E-state index contributed by atoms with van der Waals surface area (Å²) in [6.45, 7) is 12.9. The Morgan fingerprint density at radius 1 is 0.684 bits per heavy atom. The molecule has 3 unspecified atom stereocenters. The first kappa shape index (κ1) is 37.1. The monoisotopic (exact) mass is 540 g/mol. The number of ether oxygens (including phenoxy) is 1. The van der Waals surface area contributed by atoms with Crippen LogP contribution in [0.2, 0.25) is 0 Å². The lowest BCUT2D eigenvalue weighted by atomic mass is 9.79. The van der Waals surface area contributed by atoms with Gasteiger partial charge in [0, 0.05) is 11.0 Å². The van der Waals surface area contributed by atoms with Crippen molar-refractivity contribution in [1.29, 1.82) is 0 Å². The van der Waals surface area contributed by atoms with E-state index in [1.165, 1.54) is 6.42 Å². The molecule has 0 aromatic carbocycles. The number of rotatable bonds is 25. The highest BCUT2D eigenvalue weighted by atomic mass is 16.5. The Morgan fingerprint density at radius 2 is 1.13 bits per heavy atom. The van der Waals surface area contributed by atoms with E-state index in [2.05, 4.69) is 41.5 Å². The fourth-order valence-corrected chi connectivity index (χ4v) is 5.25. The molecular weight excluding hydrogens is 476 g/mol. The lowest BCUT2D eigenvalue weighted by molar-refractivity contribution is -0.141. The van der Waals surface area contributed by atoms with E-state index in [1.54, 1.807) is 0 Å². The molecular formula is C33H64O5. The molecule has 0 aliphatic heterocycles. The van der Waals surface area contributed by atoms with Crippen LogP contribution in [0.5, 0.6) is 0 Å². The van der Waals surface area contributed by atoms with Gasteiger partial charge in [0.25, 0.3) is 0 Å². The Labute approximate surface area is 235 Å². The quantitative estimate of drug-likeness (QED) is 0.0806. The smallest absolute Gasteiger partial charge is 0.333 e. The summed E-state index contributed by atoms with van der Waals surface area (Å²) in [5.41, 5.74) is 1.01. The number of carbonyl (C=O) groups is 1. The largest absolute Gasteiger partial charge is 0.462 e. The molecule has 5 heteroatoms. The van der Waals surface area contributed by atoms with E-state index < -0.39 is 5.41 Å². The number of allylic oxidation sites excluding steroid dienone is 1. The Morgan fingerprint density at radius 3 is 1.55 bits per heavy atom. The van der Waals surface area contributed by atoms with Crippen molar-refractivity contribution in [1.82, 2.24) is 0 Å². The highest BCUT2D eigenvalue weighted by Crippen LogP contribution is 2.34. The van der Waals surface area contributed by atoms with Crippen molar-refractivity contribution < 1.29 is 24.9 Å². The molecule has 0 heterocycles. The van der Waals surface area contributed by atoms with Crippen molar-refractivity contribution in [2.45, 2.75) is 144 Å². The van der Waals surface area contributed by atoms with Crippen LogP contribution in [0, 0.1) is 23.2 Å². The number of hydrogen-bond acceptors (Lipinski definition) is 5. The maximum atomic E-state index is 13.8. The third-order valence-electron chi connectivity index (χ3n) is 8.74. The number of carbonyl (C=O) groups excluding carboxylic acids is 1. The molecule has 0 saturated carbocycles. The number of esters is 1. The second-order valence-electron chi connectivity index (χ2n) is 11.8. The molecule has 3 N–H and O–H groups in total. The van der Waals surface area contributed by atoms with Gasteiger partial charge in [-0.05, 0) is 49.9 Å². The summed E-state index contributed by atoms with van der Waals surface area (Å²) in [5.74, 6) is 1.15. The van der Waals surface area contributed by atoms with E-state index in [-0.39, 0.29) is 25.8 Å². The average Bonchev–Trinajstić information content (AvgIpc) is 2.95. The van der Waals surface area contributed by atoms with Crippen molar-refractivity contribution in [3.63, 3.8) is 0 Å². The van der Waals surface area contributed by atoms with Crippen LogP contribution in [0.1, 0.15) is 144 Å². The third-order valence-corrected chi connectivity index (χ3v) is 8.74. The maximum absolute atomic E-state index is 13.8. The first-order valence-corrected chi connectivity index (χ1v) is 16.0. The van der Waals surface area contributed by atoms with E-state index in [9.17, 15) is 20.1 Å². The summed E-state index contributed by atoms with van der Waals surface area (Å²) < 4.78 is 6.05. The Balaban J connectivity index is 6.33. The van der Waals surface area contributed by atoms with Crippen LogP contribution in [0.4, 0.5) is 0 Å². The van der Waals surface area contributed by atoms with Crippen LogP contribution in [0.25, 0.3) is 0 Å². The van der Waals surface area contributed by atoms with E-state index in [0.29, 0.717) is 37.2 Å². The van der Waals surface area contributed by atoms with Gasteiger partial charge in [0.05, 0.1) is 26.4 Å². The molecule has 0 bridgehead atoms. The minimum absolute atomic E-state index is 0.169. The first-order chi connectivity index (χ1) is 18.3. The van der Waals surface area contributed by atoms with Crippen LogP contribution in [-0.4, -0.2) is 47.7 Å². The van der Waals surface area contributed by atoms with Crippen molar-refractivity contribution in [2.75, 3.05) is 26.4 Å². The van der Waals surface area contributed by atoms with Crippen LogP contribution in [-0.2, 0) is 9.53 Å². The fraction of sp³-hybridized carbons (Fsp3) is 0.909. The summed E-state index contributed by atoms with van der Waals surface area (Å²) in [6, 6.07) is 0. The van der Waals surface area contributed by atoms with Crippen LogP contribution in [0.15, 0.2) is 11.1 Å². The van der Waals surface area contributed by atoms with Crippen LogP contribution >= 0.6 is 0 Å². The molecule has 0 amide bonds. The van der Waals surface area contributed by atoms with Crippen molar-refractivity contribution in [3.05, 3.63) is 11.1 Å². The van der Waals surface area contributed by atoms with E-state index >= 15 is 0 Å². The summed E-state index contributed by atoms with van der Waals surface area (Å²) in [4.78, 5) is 13.8. The standard InChI is InChI=1S/C33H64O5/c1-7-13-16-27(10-4)21-30(19-20-33(24-34,25-35)26-36)31(22-28(11-5)17-14-8-2)32(37)38-23-29(12-6)18-15-9-3/h27-29,34-36H,7-26H2,1-6H3. The molecule has 226 valence electrons. The Bertz CT molecular complexity index is 602. The van der Waals surface area contributed by atoms with Gasteiger partial charge in [0.15, 0.2) is 0 Å². The van der Waals surface area contributed by atoms with Gasteiger partial charge in [-0.2, -0.15) is 0 Å². The minimum Gasteiger partial charge on any atom is -0.462 e.